The molecule has 0 amide bonds. The van der Waals surface area contributed by atoms with Crippen molar-refractivity contribution in [3.8, 4) is 6.07 Å². The van der Waals surface area contributed by atoms with E-state index >= 15 is 0 Å². The lowest BCUT2D eigenvalue weighted by atomic mass is 10.0. The third kappa shape index (κ3) is 4.39. The number of nitriles is 1. The van der Waals surface area contributed by atoms with Crippen molar-refractivity contribution in [3.05, 3.63) is 107 Å². The molecule has 2 nitrogen and oxygen atoms in total. The van der Waals surface area contributed by atoms with Gasteiger partial charge in [-0.05, 0) is 42.3 Å². The molecule has 0 aliphatic rings. The lowest BCUT2D eigenvalue weighted by Crippen LogP contribution is -2.04. The van der Waals surface area contributed by atoms with Gasteiger partial charge in [0.2, 0.25) is 0 Å². The van der Waals surface area contributed by atoms with E-state index in [1.54, 1.807) is 6.08 Å². The number of benzene rings is 3. The standard InChI is InChI=1S/C26H19F3N2/c1-18-5-4-6-19(13-18)16-31-17-22(24-7-2-3-8-25(24)31)14-21(15-30)20-9-11-23(12-10-20)26(27,28)29/h2-14,17H,16H2,1H3/b21-14-. The average molecular weight is 416 g/mol. The average Bonchev–Trinajstić information content (AvgIpc) is 3.09. The molecule has 0 aliphatic carbocycles. The molecule has 1 heterocycles. The van der Waals surface area contributed by atoms with Gasteiger partial charge in [-0.2, -0.15) is 18.4 Å². The van der Waals surface area contributed by atoms with E-state index in [-0.39, 0.29) is 0 Å². The Bertz CT molecular complexity index is 1300. The maximum atomic E-state index is 12.8. The van der Waals surface area contributed by atoms with Gasteiger partial charge < -0.3 is 4.57 Å². The smallest absolute Gasteiger partial charge is 0.342 e. The van der Waals surface area contributed by atoms with Crippen molar-refractivity contribution < 1.29 is 13.2 Å². The largest absolute Gasteiger partial charge is 0.416 e. The summed E-state index contributed by atoms with van der Waals surface area (Å²) in [6, 6.07) is 23.0. The Morgan fingerprint density at radius 1 is 1.00 bits per heavy atom. The van der Waals surface area contributed by atoms with Crippen LogP contribution in [0.5, 0.6) is 0 Å². The summed E-state index contributed by atoms with van der Waals surface area (Å²) in [5.41, 5.74) is 4.25. The van der Waals surface area contributed by atoms with E-state index in [0.29, 0.717) is 17.7 Å². The number of halogens is 3. The van der Waals surface area contributed by atoms with E-state index in [4.69, 9.17) is 0 Å². The zero-order valence-electron chi connectivity index (χ0n) is 16.8. The number of hydrogen-bond acceptors (Lipinski definition) is 1. The summed E-state index contributed by atoms with van der Waals surface area (Å²) in [4.78, 5) is 0. The molecule has 5 heteroatoms. The molecule has 0 saturated heterocycles. The number of aromatic nitrogens is 1. The van der Waals surface area contributed by atoms with Crippen LogP contribution in [0, 0.1) is 18.3 Å². The maximum absolute atomic E-state index is 12.8. The highest BCUT2D eigenvalue weighted by molar-refractivity contribution is 5.98. The van der Waals surface area contributed by atoms with Crippen molar-refractivity contribution in [2.75, 3.05) is 0 Å². The molecular formula is C26H19F3N2. The molecule has 1 aromatic heterocycles. The number of allylic oxidation sites excluding steroid dienone is 1. The van der Waals surface area contributed by atoms with Crippen LogP contribution in [0.2, 0.25) is 0 Å². The molecule has 0 unspecified atom stereocenters. The Balaban J connectivity index is 1.75. The number of nitrogens with zero attached hydrogens (tertiary/aromatic N) is 2. The molecule has 3 aromatic carbocycles. The van der Waals surface area contributed by atoms with Crippen molar-refractivity contribution in [1.82, 2.24) is 4.57 Å². The van der Waals surface area contributed by atoms with Crippen molar-refractivity contribution in [1.29, 1.82) is 5.26 Å². The van der Waals surface area contributed by atoms with Crippen LogP contribution in [-0.2, 0) is 12.7 Å². The van der Waals surface area contributed by atoms with Crippen LogP contribution in [0.1, 0.15) is 27.8 Å². The van der Waals surface area contributed by atoms with Crippen LogP contribution in [0.4, 0.5) is 13.2 Å². The summed E-state index contributed by atoms with van der Waals surface area (Å²) in [5.74, 6) is 0. The molecule has 0 spiro atoms. The third-order valence-electron chi connectivity index (χ3n) is 5.20. The highest BCUT2D eigenvalue weighted by atomic mass is 19.4. The van der Waals surface area contributed by atoms with Gasteiger partial charge in [-0.1, -0.05) is 60.2 Å². The Morgan fingerprint density at radius 2 is 1.74 bits per heavy atom. The number of aryl methyl sites for hydroxylation is 1. The van der Waals surface area contributed by atoms with Crippen LogP contribution in [0.3, 0.4) is 0 Å². The van der Waals surface area contributed by atoms with E-state index in [9.17, 15) is 18.4 Å². The van der Waals surface area contributed by atoms with Crippen LogP contribution < -0.4 is 0 Å². The second-order valence-electron chi connectivity index (χ2n) is 7.46. The van der Waals surface area contributed by atoms with Crippen LogP contribution in [0.15, 0.2) is 79.0 Å². The normalized spacial score (nSPS) is 12.2. The molecule has 0 saturated carbocycles. The van der Waals surface area contributed by atoms with Gasteiger partial charge in [0.05, 0.1) is 17.2 Å². The minimum atomic E-state index is -4.40. The number of hydrogen-bond donors (Lipinski definition) is 0. The van der Waals surface area contributed by atoms with Gasteiger partial charge in [0.25, 0.3) is 0 Å². The first kappa shape index (κ1) is 20.5. The van der Waals surface area contributed by atoms with Gasteiger partial charge in [-0.15, -0.1) is 0 Å². The van der Waals surface area contributed by atoms with Gasteiger partial charge in [0, 0.05) is 29.2 Å². The minimum absolute atomic E-state index is 0.312. The van der Waals surface area contributed by atoms with E-state index < -0.39 is 11.7 Å². The Kier molecular flexibility index (Phi) is 5.39. The molecule has 154 valence electrons. The zero-order chi connectivity index (χ0) is 22.0. The van der Waals surface area contributed by atoms with Crippen molar-refractivity contribution >= 4 is 22.6 Å². The molecule has 0 bridgehead atoms. The minimum Gasteiger partial charge on any atom is -0.342 e. The SMILES string of the molecule is Cc1cccc(Cn2cc(/C=C(/C#N)c3ccc(C(F)(F)F)cc3)c3ccccc32)c1. The molecular weight excluding hydrogens is 397 g/mol. The van der Waals surface area contributed by atoms with Crippen LogP contribution in [-0.4, -0.2) is 4.57 Å². The number of alkyl halides is 3. The predicted molar refractivity (Wildman–Crippen MR) is 117 cm³/mol. The highest BCUT2D eigenvalue weighted by Crippen LogP contribution is 2.31. The fourth-order valence-electron chi connectivity index (χ4n) is 3.70. The number of para-hydroxylation sites is 1. The van der Waals surface area contributed by atoms with Gasteiger partial charge in [-0.3, -0.25) is 0 Å². The Labute approximate surface area is 178 Å². The quantitative estimate of drug-likeness (QED) is 0.327. The number of rotatable bonds is 4. The summed E-state index contributed by atoms with van der Waals surface area (Å²) >= 11 is 0. The number of fused-ring (bicyclic) bond motifs is 1. The maximum Gasteiger partial charge on any atom is 0.416 e. The molecule has 0 N–H and O–H groups in total. The van der Waals surface area contributed by atoms with Crippen molar-refractivity contribution in [2.45, 2.75) is 19.6 Å². The summed E-state index contributed by atoms with van der Waals surface area (Å²) in [7, 11) is 0. The fourth-order valence-corrected chi connectivity index (χ4v) is 3.70. The Morgan fingerprint density at radius 3 is 2.42 bits per heavy atom. The second-order valence-corrected chi connectivity index (χ2v) is 7.46. The summed E-state index contributed by atoms with van der Waals surface area (Å²) in [5, 5.41) is 10.6. The molecule has 0 aliphatic heterocycles. The topological polar surface area (TPSA) is 28.7 Å². The van der Waals surface area contributed by atoms with E-state index in [2.05, 4.69) is 35.8 Å². The van der Waals surface area contributed by atoms with E-state index in [0.717, 1.165) is 28.6 Å². The summed E-state index contributed by atoms with van der Waals surface area (Å²) in [6.45, 7) is 2.73. The van der Waals surface area contributed by atoms with Crippen LogP contribution in [0.25, 0.3) is 22.6 Å². The van der Waals surface area contributed by atoms with Gasteiger partial charge in [0.15, 0.2) is 0 Å². The molecule has 31 heavy (non-hydrogen) atoms. The lowest BCUT2D eigenvalue weighted by molar-refractivity contribution is -0.137. The Hall–Kier alpha value is -3.78. The van der Waals surface area contributed by atoms with E-state index in [1.807, 2.05) is 36.5 Å². The first-order valence-electron chi connectivity index (χ1n) is 9.78. The molecule has 0 fully saturated rings. The zero-order valence-corrected chi connectivity index (χ0v) is 16.8. The van der Waals surface area contributed by atoms with Gasteiger partial charge in [0.1, 0.15) is 0 Å². The molecule has 4 aromatic rings. The van der Waals surface area contributed by atoms with E-state index in [1.165, 1.54) is 23.3 Å². The summed E-state index contributed by atoms with van der Waals surface area (Å²) in [6.07, 6.45) is -0.690. The van der Waals surface area contributed by atoms with Gasteiger partial charge in [-0.25, -0.2) is 0 Å². The van der Waals surface area contributed by atoms with Crippen LogP contribution >= 0.6 is 0 Å². The highest BCUT2D eigenvalue weighted by Gasteiger charge is 2.30. The molecule has 4 rings (SSSR count). The fraction of sp³-hybridized carbons (Fsp3) is 0.115. The third-order valence-corrected chi connectivity index (χ3v) is 5.20. The van der Waals surface area contributed by atoms with Crippen molar-refractivity contribution in [2.24, 2.45) is 0 Å². The second kappa shape index (κ2) is 8.16. The van der Waals surface area contributed by atoms with Gasteiger partial charge >= 0.3 is 6.18 Å². The lowest BCUT2D eigenvalue weighted by Gasteiger charge is -2.07. The molecule has 0 atom stereocenters. The first-order valence-corrected chi connectivity index (χ1v) is 9.78. The monoisotopic (exact) mass is 416 g/mol. The first-order chi connectivity index (χ1) is 14.8. The molecule has 0 radical (unpaired) electrons. The van der Waals surface area contributed by atoms with Crippen molar-refractivity contribution in [3.63, 3.8) is 0 Å². The summed E-state index contributed by atoms with van der Waals surface area (Å²) < 4.78 is 40.7. The predicted octanol–water partition coefficient (Wildman–Crippen LogP) is 7.08.